The number of nitrogens with zero attached hydrogens (tertiary/aromatic N) is 1. The van der Waals surface area contributed by atoms with Crippen molar-refractivity contribution in [3.8, 4) is 0 Å². The first-order valence-corrected chi connectivity index (χ1v) is 7.63. The molecule has 1 saturated heterocycles. The van der Waals surface area contributed by atoms with E-state index in [0.29, 0.717) is 13.0 Å². The fraction of sp³-hybridized carbons (Fsp3) is 0.867. The number of carbonyl (C=O) groups is 2. The minimum Gasteiger partial charge on any atom is -0.469 e. The lowest BCUT2D eigenvalue weighted by Crippen LogP contribution is -2.37. The number of rotatable bonds is 8. The highest BCUT2D eigenvalue weighted by Gasteiger charge is 2.24. The van der Waals surface area contributed by atoms with Crippen LogP contribution in [0.4, 0.5) is 0 Å². The average molecular weight is 285 g/mol. The Labute approximate surface area is 121 Å². The molecule has 0 atom stereocenters. The van der Waals surface area contributed by atoms with Crippen LogP contribution in [-0.2, 0) is 19.1 Å². The van der Waals surface area contributed by atoms with Gasteiger partial charge in [0.05, 0.1) is 19.6 Å². The SMILES string of the molecule is CCOC(=O)CCCCCN1CCC(C(=O)OC)CC1. The Bertz CT molecular complexity index is 298. The quantitative estimate of drug-likeness (QED) is 0.504. The standard InChI is InChI=1S/C15H27NO4/c1-3-20-14(17)7-5-4-6-10-16-11-8-13(9-12-16)15(18)19-2/h13H,3-12H2,1-2H3. The molecule has 0 saturated carbocycles. The van der Waals surface area contributed by atoms with E-state index < -0.39 is 0 Å². The van der Waals surface area contributed by atoms with Crippen molar-refractivity contribution in [2.75, 3.05) is 33.4 Å². The van der Waals surface area contributed by atoms with Crippen LogP contribution in [0.3, 0.4) is 0 Å². The zero-order chi connectivity index (χ0) is 14.8. The van der Waals surface area contributed by atoms with Gasteiger partial charge >= 0.3 is 11.9 Å². The Morgan fingerprint density at radius 2 is 1.85 bits per heavy atom. The molecule has 0 radical (unpaired) electrons. The number of hydrogen-bond acceptors (Lipinski definition) is 5. The van der Waals surface area contributed by atoms with Gasteiger partial charge in [-0.1, -0.05) is 6.42 Å². The molecule has 0 aromatic heterocycles. The van der Waals surface area contributed by atoms with E-state index >= 15 is 0 Å². The summed E-state index contributed by atoms with van der Waals surface area (Å²) in [6, 6.07) is 0. The zero-order valence-corrected chi connectivity index (χ0v) is 12.7. The van der Waals surface area contributed by atoms with Gasteiger partial charge in [0.1, 0.15) is 0 Å². The molecule has 20 heavy (non-hydrogen) atoms. The summed E-state index contributed by atoms with van der Waals surface area (Å²) in [5, 5.41) is 0. The van der Waals surface area contributed by atoms with Crippen molar-refractivity contribution in [2.45, 2.75) is 45.4 Å². The number of likely N-dealkylation sites (tertiary alicyclic amines) is 1. The maximum Gasteiger partial charge on any atom is 0.308 e. The van der Waals surface area contributed by atoms with Crippen molar-refractivity contribution in [1.29, 1.82) is 0 Å². The van der Waals surface area contributed by atoms with E-state index in [1.807, 2.05) is 6.92 Å². The summed E-state index contributed by atoms with van der Waals surface area (Å²) in [7, 11) is 1.46. The number of piperidine rings is 1. The smallest absolute Gasteiger partial charge is 0.308 e. The Kier molecular flexibility index (Phi) is 8.26. The molecular formula is C15H27NO4. The predicted octanol–water partition coefficient (Wildman–Crippen LogP) is 1.99. The molecule has 116 valence electrons. The molecule has 0 aliphatic carbocycles. The van der Waals surface area contributed by atoms with Gasteiger partial charge in [0.2, 0.25) is 0 Å². The third kappa shape index (κ3) is 6.37. The first kappa shape index (κ1) is 17.0. The Hall–Kier alpha value is -1.10. The minimum atomic E-state index is -0.0913. The van der Waals surface area contributed by atoms with Crippen LogP contribution in [0.15, 0.2) is 0 Å². The molecule has 5 heteroatoms. The van der Waals surface area contributed by atoms with Crippen molar-refractivity contribution in [2.24, 2.45) is 5.92 Å². The van der Waals surface area contributed by atoms with E-state index in [2.05, 4.69) is 4.90 Å². The van der Waals surface area contributed by atoms with Gasteiger partial charge in [0.25, 0.3) is 0 Å². The molecule has 5 nitrogen and oxygen atoms in total. The summed E-state index contributed by atoms with van der Waals surface area (Å²) in [6.07, 6.45) is 5.37. The second kappa shape index (κ2) is 9.75. The van der Waals surface area contributed by atoms with Crippen molar-refractivity contribution < 1.29 is 19.1 Å². The van der Waals surface area contributed by atoms with Crippen LogP contribution in [0.25, 0.3) is 0 Å². The maximum atomic E-state index is 11.4. The van der Waals surface area contributed by atoms with Crippen LogP contribution < -0.4 is 0 Å². The van der Waals surface area contributed by atoms with Gasteiger partial charge in [-0.25, -0.2) is 0 Å². The molecular weight excluding hydrogens is 258 g/mol. The number of esters is 2. The van der Waals surface area contributed by atoms with Gasteiger partial charge in [-0.2, -0.15) is 0 Å². The Balaban J connectivity index is 2.02. The monoisotopic (exact) mass is 285 g/mol. The molecule has 1 rings (SSSR count). The molecule has 1 heterocycles. The van der Waals surface area contributed by atoms with Crippen molar-refractivity contribution in [1.82, 2.24) is 4.90 Å². The summed E-state index contributed by atoms with van der Waals surface area (Å²) in [5.41, 5.74) is 0. The van der Waals surface area contributed by atoms with Crippen molar-refractivity contribution in [3.63, 3.8) is 0 Å². The van der Waals surface area contributed by atoms with Gasteiger partial charge in [-0.3, -0.25) is 9.59 Å². The second-order valence-electron chi connectivity index (χ2n) is 5.25. The van der Waals surface area contributed by atoms with Gasteiger partial charge in [-0.05, 0) is 52.2 Å². The number of carbonyl (C=O) groups excluding carboxylic acids is 2. The average Bonchev–Trinajstić information content (AvgIpc) is 2.47. The van der Waals surface area contributed by atoms with Crippen LogP contribution in [-0.4, -0.2) is 50.2 Å². The third-order valence-electron chi connectivity index (χ3n) is 3.78. The van der Waals surface area contributed by atoms with Crippen LogP contribution in [0, 0.1) is 5.92 Å². The lowest BCUT2D eigenvalue weighted by molar-refractivity contribution is -0.147. The molecule has 0 aromatic carbocycles. The summed E-state index contributed by atoms with van der Waals surface area (Å²) < 4.78 is 9.67. The molecule has 1 aliphatic rings. The summed E-state index contributed by atoms with van der Waals surface area (Å²) >= 11 is 0. The number of hydrogen-bond donors (Lipinski definition) is 0. The van der Waals surface area contributed by atoms with Crippen molar-refractivity contribution in [3.05, 3.63) is 0 Å². The minimum absolute atomic E-state index is 0.0703. The number of unbranched alkanes of at least 4 members (excludes halogenated alkanes) is 2. The van der Waals surface area contributed by atoms with E-state index in [1.54, 1.807) is 0 Å². The van der Waals surface area contributed by atoms with E-state index in [1.165, 1.54) is 7.11 Å². The van der Waals surface area contributed by atoms with E-state index in [-0.39, 0.29) is 17.9 Å². The largest absolute Gasteiger partial charge is 0.469 e. The predicted molar refractivity (Wildman–Crippen MR) is 76.3 cm³/mol. The zero-order valence-electron chi connectivity index (χ0n) is 12.7. The van der Waals surface area contributed by atoms with Crippen LogP contribution in [0.5, 0.6) is 0 Å². The van der Waals surface area contributed by atoms with Gasteiger partial charge < -0.3 is 14.4 Å². The molecule has 1 aliphatic heterocycles. The Morgan fingerprint density at radius 1 is 1.15 bits per heavy atom. The highest BCUT2D eigenvalue weighted by Crippen LogP contribution is 2.18. The lowest BCUT2D eigenvalue weighted by Gasteiger charge is -2.30. The number of methoxy groups -OCH3 is 1. The lowest BCUT2D eigenvalue weighted by atomic mass is 9.97. The van der Waals surface area contributed by atoms with E-state index in [9.17, 15) is 9.59 Å². The summed E-state index contributed by atoms with van der Waals surface area (Å²) in [5.74, 6) is -0.0782. The molecule has 0 spiro atoms. The summed E-state index contributed by atoms with van der Waals surface area (Å²) in [6.45, 7) is 5.29. The second-order valence-corrected chi connectivity index (χ2v) is 5.25. The third-order valence-corrected chi connectivity index (χ3v) is 3.78. The fourth-order valence-corrected chi connectivity index (χ4v) is 2.57. The molecule has 0 bridgehead atoms. The topological polar surface area (TPSA) is 55.8 Å². The molecule has 0 N–H and O–H groups in total. The fourth-order valence-electron chi connectivity index (χ4n) is 2.57. The first-order chi connectivity index (χ1) is 9.67. The highest BCUT2D eigenvalue weighted by molar-refractivity contribution is 5.72. The highest BCUT2D eigenvalue weighted by atomic mass is 16.5. The first-order valence-electron chi connectivity index (χ1n) is 7.63. The summed E-state index contributed by atoms with van der Waals surface area (Å²) in [4.78, 5) is 25.0. The van der Waals surface area contributed by atoms with Gasteiger partial charge in [0.15, 0.2) is 0 Å². The van der Waals surface area contributed by atoms with E-state index in [4.69, 9.17) is 9.47 Å². The van der Waals surface area contributed by atoms with Crippen molar-refractivity contribution >= 4 is 11.9 Å². The number of ether oxygens (including phenoxy) is 2. The van der Waals surface area contributed by atoms with Crippen LogP contribution in [0.2, 0.25) is 0 Å². The molecule has 0 amide bonds. The Morgan fingerprint density at radius 3 is 2.45 bits per heavy atom. The van der Waals surface area contributed by atoms with Crippen LogP contribution in [0.1, 0.15) is 45.4 Å². The molecule has 1 fully saturated rings. The van der Waals surface area contributed by atoms with Gasteiger partial charge in [-0.15, -0.1) is 0 Å². The molecule has 0 unspecified atom stereocenters. The maximum absolute atomic E-state index is 11.4. The van der Waals surface area contributed by atoms with Crippen LogP contribution >= 0.6 is 0 Å². The molecule has 0 aromatic rings. The van der Waals surface area contributed by atoms with Gasteiger partial charge in [0, 0.05) is 6.42 Å². The van der Waals surface area contributed by atoms with E-state index in [0.717, 1.165) is 51.7 Å². The normalized spacial score (nSPS) is 16.9.